The van der Waals surface area contributed by atoms with Gasteiger partial charge in [-0.2, -0.15) is 13.2 Å². The number of ether oxygens (including phenoxy) is 1. The Labute approximate surface area is 140 Å². The van der Waals surface area contributed by atoms with Gasteiger partial charge in [-0.25, -0.2) is 0 Å². The number of hydrogen-bond acceptors (Lipinski definition) is 4. The first kappa shape index (κ1) is 19.2. The van der Waals surface area contributed by atoms with E-state index in [1.807, 2.05) is 11.8 Å². The van der Waals surface area contributed by atoms with E-state index in [-0.39, 0.29) is 12.2 Å². The Kier molecular flexibility index (Phi) is 7.03. The summed E-state index contributed by atoms with van der Waals surface area (Å²) in [6, 6.07) is 6.46. The molecular formula is C17H25F3N2O2. The number of β-amino-alcohol motifs (C(OH)–C–C–N with tert-alkyl or cyclic N) is 1. The molecule has 0 amide bonds. The zero-order valence-electron chi connectivity index (χ0n) is 13.9. The summed E-state index contributed by atoms with van der Waals surface area (Å²) in [5, 5.41) is 9.85. The number of aliphatic hydroxyl groups is 1. The van der Waals surface area contributed by atoms with Gasteiger partial charge < -0.3 is 9.84 Å². The summed E-state index contributed by atoms with van der Waals surface area (Å²) in [6.07, 6.45) is -4.91. The van der Waals surface area contributed by atoms with Crippen LogP contribution in [-0.4, -0.2) is 73.1 Å². The summed E-state index contributed by atoms with van der Waals surface area (Å²) < 4.78 is 45.7. The molecule has 4 nitrogen and oxygen atoms in total. The fourth-order valence-corrected chi connectivity index (χ4v) is 3.05. The highest BCUT2D eigenvalue weighted by atomic mass is 19.4. The highest BCUT2D eigenvalue weighted by Crippen LogP contribution is 2.37. The van der Waals surface area contributed by atoms with Crippen molar-refractivity contribution in [1.82, 2.24) is 9.80 Å². The molecule has 1 fully saturated rings. The largest absolute Gasteiger partial charge is 0.408 e. The highest BCUT2D eigenvalue weighted by Gasteiger charge is 2.45. The van der Waals surface area contributed by atoms with Crippen molar-refractivity contribution < 1.29 is 23.0 Å². The number of hydrogen-bond donors (Lipinski definition) is 1. The Morgan fingerprint density at radius 2 is 1.75 bits per heavy atom. The molecule has 24 heavy (non-hydrogen) atoms. The van der Waals surface area contributed by atoms with Crippen LogP contribution in [-0.2, 0) is 4.74 Å². The minimum Gasteiger partial charge on any atom is -0.389 e. The van der Waals surface area contributed by atoms with Gasteiger partial charge in [0, 0.05) is 39.3 Å². The predicted molar refractivity (Wildman–Crippen MR) is 85.8 cm³/mol. The lowest BCUT2D eigenvalue weighted by Crippen LogP contribution is -2.52. The van der Waals surface area contributed by atoms with Crippen molar-refractivity contribution >= 4 is 0 Å². The van der Waals surface area contributed by atoms with Crippen molar-refractivity contribution in [3.8, 4) is 0 Å². The maximum absolute atomic E-state index is 13.5. The standard InChI is InChI=1S/C17H25F3N2O2/c1-2-24-13-15(23)12-21-8-10-22(11-9-21)16(17(18,19)20)14-6-4-3-5-7-14/h3-7,15-16,23H,2,8-13H2,1H3/t15-,16-/m1/s1. The minimum atomic E-state index is -4.31. The molecule has 1 aromatic rings. The summed E-state index contributed by atoms with van der Waals surface area (Å²) in [7, 11) is 0. The monoisotopic (exact) mass is 346 g/mol. The summed E-state index contributed by atoms with van der Waals surface area (Å²) in [5.41, 5.74) is 0.273. The smallest absolute Gasteiger partial charge is 0.389 e. The van der Waals surface area contributed by atoms with E-state index in [9.17, 15) is 18.3 Å². The molecule has 0 spiro atoms. The van der Waals surface area contributed by atoms with Gasteiger partial charge in [-0.1, -0.05) is 30.3 Å². The second kappa shape index (κ2) is 8.80. The second-order valence-corrected chi connectivity index (χ2v) is 6.00. The van der Waals surface area contributed by atoms with Crippen LogP contribution in [0.4, 0.5) is 13.2 Å². The molecule has 2 rings (SSSR count). The van der Waals surface area contributed by atoms with E-state index in [0.29, 0.717) is 39.3 Å². The molecule has 1 aliphatic heterocycles. The second-order valence-electron chi connectivity index (χ2n) is 6.00. The van der Waals surface area contributed by atoms with Gasteiger partial charge in [-0.05, 0) is 12.5 Å². The van der Waals surface area contributed by atoms with Crippen molar-refractivity contribution in [2.24, 2.45) is 0 Å². The number of aliphatic hydroxyl groups excluding tert-OH is 1. The van der Waals surface area contributed by atoms with Gasteiger partial charge in [0.2, 0.25) is 0 Å². The van der Waals surface area contributed by atoms with Gasteiger partial charge in [-0.3, -0.25) is 9.80 Å². The maximum Gasteiger partial charge on any atom is 0.408 e. The first-order valence-electron chi connectivity index (χ1n) is 8.25. The molecule has 0 aromatic heterocycles. The van der Waals surface area contributed by atoms with Crippen molar-refractivity contribution in [3.05, 3.63) is 35.9 Å². The zero-order valence-corrected chi connectivity index (χ0v) is 13.9. The summed E-state index contributed by atoms with van der Waals surface area (Å²) in [4.78, 5) is 3.46. The molecular weight excluding hydrogens is 321 g/mol. The number of nitrogens with zero attached hydrogens (tertiary/aromatic N) is 2. The molecule has 1 N–H and O–H groups in total. The lowest BCUT2D eigenvalue weighted by molar-refractivity contribution is -0.190. The minimum absolute atomic E-state index is 0.256. The molecule has 1 aliphatic rings. The van der Waals surface area contributed by atoms with Crippen molar-refractivity contribution in [2.75, 3.05) is 45.9 Å². The van der Waals surface area contributed by atoms with Gasteiger partial charge >= 0.3 is 6.18 Å². The molecule has 1 aromatic carbocycles. The summed E-state index contributed by atoms with van der Waals surface area (Å²) >= 11 is 0. The number of alkyl halides is 3. The first-order valence-corrected chi connectivity index (χ1v) is 8.25. The van der Waals surface area contributed by atoms with Crippen molar-refractivity contribution in [2.45, 2.75) is 25.2 Å². The number of piperazine rings is 1. The molecule has 7 heteroatoms. The van der Waals surface area contributed by atoms with E-state index in [1.165, 1.54) is 17.0 Å². The fraction of sp³-hybridized carbons (Fsp3) is 0.647. The quantitative estimate of drug-likeness (QED) is 0.822. The lowest BCUT2D eigenvalue weighted by atomic mass is 10.0. The molecule has 0 unspecified atom stereocenters. The van der Waals surface area contributed by atoms with Gasteiger partial charge in [0.25, 0.3) is 0 Å². The Balaban J connectivity index is 1.94. The van der Waals surface area contributed by atoms with Crippen LogP contribution in [0.25, 0.3) is 0 Å². The average molecular weight is 346 g/mol. The molecule has 136 valence electrons. The first-order chi connectivity index (χ1) is 11.4. The van der Waals surface area contributed by atoms with Gasteiger partial charge in [0.1, 0.15) is 6.04 Å². The number of rotatable bonds is 7. The average Bonchev–Trinajstić information content (AvgIpc) is 2.54. The molecule has 2 atom stereocenters. The Bertz CT molecular complexity index is 476. The van der Waals surface area contributed by atoms with E-state index in [0.717, 1.165) is 0 Å². The molecule has 0 bridgehead atoms. The predicted octanol–water partition coefficient (Wildman–Crippen LogP) is 2.30. The van der Waals surface area contributed by atoms with Crippen LogP contribution in [0.5, 0.6) is 0 Å². The van der Waals surface area contributed by atoms with E-state index in [1.54, 1.807) is 18.2 Å². The maximum atomic E-state index is 13.5. The van der Waals surface area contributed by atoms with Gasteiger partial charge in [-0.15, -0.1) is 0 Å². The van der Waals surface area contributed by atoms with Crippen LogP contribution in [0, 0.1) is 0 Å². The molecule has 0 radical (unpaired) electrons. The van der Waals surface area contributed by atoms with E-state index < -0.39 is 18.3 Å². The van der Waals surface area contributed by atoms with E-state index in [2.05, 4.69) is 0 Å². The molecule has 1 heterocycles. The number of benzene rings is 1. The zero-order chi connectivity index (χ0) is 17.6. The van der Waals surface area contributed by atoms with Crippen LogP contribution in [0.15, 0.2) is 30.3 Å². The topological polar surface area (TPSA) is 35.9 Å². The van der Waals surface area contributed by atoms with Crippen LogP contribution < -0.4 is 0 Å². The Hall–Kier alpha value is -1.15. The van der Waals surface area contributed by atoms with Crippen LogP contribution >= 0.6 is 0 Å². The van der Waals surface area contributed by atoms with Crippen LogP contribution in [0.1, 0.15) is 18.5 Å². The molecule has 1 saturated heterocycles. The SMILES string of the molecule is CCOC[C@H](O)CN1CCN([C@H](c2ccccc2)C(F)(F)F)CC1. The lowest BCUT2D eigenvalue weighted by Gasteiger charge is -2.40. The van der Waals surface area contributed by atoms with Gasteiger partial charge in [0.05, 0.1) is 12.7 Å². The van der Waals surface area contributed by atoms with Crippen molar-refractivity contribution in [1.29, 1.82) is 0 Å². The van der Waals surface area contributed by atoms with Crippen molar-refractivity contribution in [3.63, 3.8) is 0 Å². The third-order valence-electron chi connectivity index (χ3n) is 4.18. The fourth-order valence-electron chi connectivity index (χ4n) is 3.05. The third kappa shape index (κ3) is 5.44. The molecule has 0 aliphatic carbocycles. The third-order valence-corrected chi connectivity index (χ3v) is 4.18. The highest BCUT2D eigenvalue weighted by molar-refractivity contribution is 5.20. The number of halogens is 3. The van der Waals surface area contributed by atoms with Gasteiger partial charge in [0.15, 0.2) is 0 Å². The Morgan fingerprint density at radius 3 is 2.29 bits per heavy atom. The van der Waals surface area contributed by atoms with Crippen LogP contribution in [0.2, 0.25) is 0 Å². The van der Waals surface area contributed by atoms with E-state index in [4.69, 9.17) is 4.74 Å². The molecule has 0 saturated carbocycles. The Morgan fingerprint density at radius 1 is 1.12 bits per heavy atom. The normalized spacial score (nSPS) is 20.0. The summed E-state index contributed by atoms with van der Waals surface area (Å²) in [5.74, 6) is 0. The summed E-state index contributed by atoms with van der Waals surface area (Å²) in [6.45, 7) is 4.72. The van der Waals surface area contributed by atoms with E-state index >= 15 is 0 Å². The van der Waals surface area contributed by atoms with Crippen LogP contribution in [0.3, 0.4) is 0 Å².